The zero-order chi connectivity index (χ0) is 18.3. The van der Waals surface area contributed by atoms with Gasteiger partial charge in [0.15, 0.2) is 5.96 Å². The molecule has 0 spiro atoms. The van der Waals surface area contributed by atoms with Gasteiger partial charge in [-0.15, -0.1) is 24.0 Å². The number of hydrogen-bond donors (Lipinski definition) is 2. The number of nitrogens with zero attached hydrogens (tertiary/aromatic N) is 2. The van der Waals surface area contributed by atoms with Crippen LogP contribution in [0.1, 0.15) is 25.3 Å². The van der Waals surface area contributed by atoms with Gasteiger partial charge < -0.3 is 10.6 Å². The van der Waals surface area contributed by atoms with Gasteiger partial charge in [-0.05, 0) is 37.1 Å². The molecule has 0 aromatic heterocycles. The first-order valence-electron chi connectivity index (χ1n) is 8.59. The smallest absolute Gasteiger partial charge is 0.242 e. The second-order valence-corrected chi connectivity index (χ2v) is 9.63. The third-order valence-corrected chi connectivity index (χ3v) is 7.32. The predicted molar refractivity (Wildman–Crippen MR) is 121 cm³/mol. The zero-order valence-corrected chi connectivity index (χ0v) is 19.5. The maximum Gasteiger partial charge on any atom is 0.242 e. The molecule has 1 aromatic carbocycles. The summed E-state index contributed by atoms with van der Waals surface area (Å²) >= 11 is 2.00. The van der Waals surface area contributed by atoms with Gasteiger partial charge in [-0.2, -0.15) is 11.8 Å². The van der Waals surface area contributed by atoms with Crippen LogP contribution in [0.25, 0.3) is 0 Å². The fourth-order valence-corrected chi connectivity index (χ4v) is 4.91. The van der Waals surface area contributed by atoms with Gasteiger partial charge in [-0.3, -0.25) is 0 Å². The van der Waals surface area contributed by atoms with Crippen molar-refractivity contribution in [3.8, 4) is 0 Å². The van der Waals surface area contributed by atoms with Crippen LogP contribution in [-0.2, 0) is 16.6 Å². The van der Waals surface area contributed by atoms with E-state index in [2.05, 4.69) is 15.6 Å². The average molecular weight is 512 g/mol. The highest BCUT2D eigenvalue weighted by molar-refractivity contribution is 14.0. The van der Waals surface area contributed by atoms with Gasteiger partial charge in [0.1, 0.15) is 0 Å². The number of halogens is 1. The molecule has 0 saturated carbocycles. The Balaban J connectivity index is 0.00000338. The molecule has 1 unspecified atom stereocenters. The Bertz CT molecular complexity index is 690. The van der Waals surface area contributed by atoms with E-state index < -0.39 is 10.0 Å². The van der Waals surface area contributed by atoms with Gasteiger partial charge in [0.2, 0.25) is 10.0 Å². The van der Waals surface area contributed by atoms with Crippen molar-refractivity contribution in [3.63, 3.8) is 0 Å². The lowest BCUT2D eigenvalue weighted by Gasteiger charge is -2.16. The Hall–Kier alpha value is -0.520. The standard InChI is InChI=1S/C17H28N4O2S2.HI/c1-4-18-17(20-13-15-9-7-11-24-15)19-12-14-8-5-6-10-16(14)25(22,23)21(2)3;/h5-6,8,10,15H,4,7,9,11-13H2,1-3H3,(H2,18,19,20);1H. The maximum atomic E-state index is 12.5. The summed E-state index contributed by atoms with van der Waals surface area (Å²) in [4.78, 5) is 4.89. The Labute approximate surface area is 178 Å². The first-order valence-corrected chi connectivity index (χ1v) is 11.1. The minimum atomic E-state index is -3.47. The molecule has 1 heterocycles. The topological polar surface area (TPSA) is 73.8 Å². The van der Waals surface area contributed by atoms with E-state index in [1.807, 2.05) is 30.8 Å². The van der Waals surface area contributed by atoms with E-state index >= 15 is 0 Å². The van der Waals surface area contributed by atoms with Crippen LogP contribution in [0.15, 0.2) is 34.2 Å². The summed E-state index contributed by atoms with van der Waals surface area (Å²) in [6.45, 7) is 3.98. The molecule has 0 aliphatic carbocycles. The largest absolute Gasteiger partial charge is 0.357 e. The highest BCUT2D eigenvalue weighted by Gasteiger charge is 2.20. The van der Waals surface area contributed by atoms with Crippen molar-refractivity contribution < 1.29 is 8.42 Å². The first kappa shape index (κ1) is 23.5. The lowest BCUT2D eigenvalue weighted by atomic mass is 10.2. The van der Waals surface area contributed by atoms with Crippen LogP contribution in [0.4, 0.5) is 0 Å². The molecule has 0 radical (unpaired) electrons. The van der Waals surface area contributed by atoms with Crippen molar-refractivity contribution in [2.24, 2.45) is 4.99 Å². The molecule has 6 nitrogen and oxygen atoms in total. The van der Waals surface area contributed by atoms with Gasteiger partial charge in [-0.1, -0.05) is 18.2 Å². The maximum absolute atomic E-state index is 12.5. The Morgan fingerprint density at radius 2 is 2.04 bits per heavy atom. The van der Waals surface area contributed by atoms with Gasteiger partial charge >= 0.3 is 0 Å². The van der Waals surface area contributed by atoms with Crippen LogP contribution in [0, 0.1) is 0 Å². The molecule has 1 aliphatic rings. The monoisotopic (exact) mass is 512 g/mol. The van der Waals surface area contributed by atoms with E-state index in [9.17, 15) is 8.42 Å². The zero-order valence-electron chi connectivity index (χ0n) is 15.6. The Morgan fingerprint density at radius 3 is 2.65 bits per heavy atom. The average Bonchev–Trinajstić information content (AvgIpc) is 3.11. The third-order valence-electron chi connectivity index (χ3n) is 4.00. The Kier molecular flexibility index (Phi) is 10.3. The van der Waals surface area contributed by atoms with Crippen molar-refractivity contribution in [2.75, 3.05) is 32.9 Å². The molecule has 2 N–H and O–H groups in total. The summed E-state index contributed by atoms with van der Waals surface area (Å²) in [5, 5.41) is 7.23. The van der Waals surface area contributed by atoms with Crippen molar-refractivity contribution >= 4 is 51.7 Å². The second kappa shape index (κ2) is 11.4. The molecule has 1 aliphatic heterocycles. The highest BCUT2D eigenvalue weighted by atomic mass is 127. The predicted octanol–water partition coefficient (Wildman–Crippen LogP) is 2.51. The lowest BCUT2D eigenvalue weighted by Crippen LogP contribution is -2.40. The molecule has 2 rings (SSSR count). The minimum absolute atomic E-state index is 0. The molecule has 26 heavy (non-hydrogen) atoms. The van der Waals surface area contributed by atoms with E-state index in [0.717, 1.165) is 19.0 Å². The van der Waals surface area contributed by atoms with Crippen LogP contribution < -0.4 is 10.6 Å². The lowest BCUT2D eigenvalue weighted by molar-refractivity contribution is 0.519. The number of benzene rings is 1. The molecule has 1 aromatic rings. The summed E-state index contributed by atoms with van der Waals surface area (Å²) in [5.41, 5.74) is 0.698. The van der Waals surface area contributed by atoms with E-state index in [0.29, 0.717) is 22.3 Å². The molecular weight excluding hydrogens is 483 g/mol. The fourth-order valence-electron chi connectivity index (χ4n) is 2.60. The van der Waals surface area contributed by atoms with Crippen LogP contribution in [0.2, 0.25) is 0 Å². The minimum Gasteiger partial charge on any atom is -0.357 e. The highest BCUT2D eigenvalue weighted by Crippen LogP contribution is 2.25. The number of aliphatic imine (C=N–C) groups is 1. The normalized spacial score (nSPS) is 17.8. The Morgan fingerprint density at radius 1 is 1.31 bits per heavy atom. The number of guanidine groups is 1. The summed E-state index contributed by atoms with van der Waals surface area (Å²) in [6.07, 6.45) is 2.52. The molecular formula is C17H29IN4O2S2. The fraction of sp³-hybridized carbons (Fsp3) is 0.588. The van der Waals surface area contributed by atoms with Crippen molar-refractivity contribution in [1.29, 1.82) is 0 Å². The van der Waals surface area contributed by atoms with E-state index in [4.69, 9.17) is 0 Å². The van der Waals surface area contributed by atoms with Crippen LogP contribution in [0.5, 0.6) is 0 Å². The molecule has 1 saturated heterocycles. The van der Waals surface area contributed by atoms with Crippen molar-refractivity contribution in [3.05, 3.63) is 29.8 Å². The number of rotatable bonds is 7. The summed E-state index contributed by atoms with van der Waals surface area (Å²) in [7, 11) is -0.389. The van der Waals surface area contributed by atoms with Crippen LogP contribution >= 0.6 is 35.7 Å². The molecule has 0 amide bonds. The molecule has 0 bridgehead atoms. The number of nitrogens with one attached hydrogen (secondary N) is 2. The van der Waals surface area contributed by atoms with Crippen molar-refractivity contribution in [1.82, 2.24) is 14.9 Å². The SMILES string of the molecule is CCNC(=NCc1ccccc1S(=O)(=O)N(C)C)NCC1CCCS1.I. The number of sulfonamides is 1. The van der Waals surface area contributed by atoms with Gasteiger partial charge in [0.25, 0.3) is 0 Å². The summed E-state index contributed by atoms with van der Waals surface area (Å²) in [6, 6.07) is 7.03. The van der Waals surface area contributed by atoms with Gasteiger partial charge in [0.05, 0.1) is 11.4 Å². The second-order valence-electron chi connectivity index (χ2n) is 6.11. The number of thioether (sulfide) groups is 1. The van der Waals surface area contributed by atoms with Crippen molar-refractivity contribution in [2.45, 2.75) is 36.5 Å². The number of hydrogen-bond acceptors (Lipinski definition) is 4. The molecule has 148 valence electrons. The van der Waals surface area contributed by atoms with E-state index in [-0.39, 0.29) is 24.0 Å². The molecule has 1 atom stereocenters. The van der Waals surface area contributed by atoms with Crippen LogP contribution in [-0.4, -0.2) is 56.9 Å². The quantitative estimate of drug-likeness (QED) is 0.334. The molecule has 1 fully saturated rings. The first-order chi connectivity index (χ1) is 11.9. The molecule has 9 heteroatoms. The third kappa shape index (κ3) is 6.58. The van der Waals surface area contributed by atoms with Gasteiger partial charge in [-0.25, -0.2) is 17.7 Å². The van der Waals surface area contributed by atoms with E-state index in [1.54, 1.807) is 26.2 Å². The van der Waals surface area contributed by atoms with Crippen LogP contribution in [0.3, 0.4) is 0 Å². The van der Waals surface area contributed by atoms with Gasteiger partial charge in [0, 0.05) is 32.4 Å². The summed E-state index contributed by atoms with van der Waals surface area (Å²) in [5.74, 6) is 1.96. The summed E-state index contributed by atoms with van der Waals surface area (Å²) < 4.78 is 26.2. The van der Waals surface area contributed by atoms with E-state index in [1.165, 1.54) is 22.9 Å².